The van der Waals surface area contributed by atoms with Gasteiger partial charge in [-0.25, -0.2) is 12.7 Å². The van der Waals surface area contributed by atoms with Gasteiger partial charge >= 0.3 is 0 Å². The molecule has 0 saturated heterocycles. The summed E-state index contributed by atoms with van der Waals surface area (Å²) in [5, 5.41) is 0. The fourth-order valence-corrected chi connectivity index (χ4v) is 4.27. The van der Waals surface area contributed by atoms with Crippen molar-refractivity contribution in [3.05, 3.63) is 17.0 Å². The van der Waals surface area contributed by atoms with Crippen molar-refractivity contribution in [2.24, 2.45) is 5.73 Å². The molecule has 0 saturated carbocycles. The molecule has 0 amide bonds. The van der Waals surface area contributed by atoms with Crippen LogP contribution in [0.1, 0.15) is 11.3 Å². The Morgan fingerprint density at radius 1 is 1.44 bits per heavy atom. The summed E-state index contributed by atoms with van der Waals surface area (Å²) in [5.74, 6) is 0. The summed E-state index contributed by atoms with van der Waals surface area (Å²) < 4.78 is 31.1. The topological polar surface area (TPSA) is 72.6 Å². The SMILES string of the molecule is COCCCN(C)S(=O)(=O)c1ccc(CCN)s1. The van der Waals surface area contributed by atoms with Crippen LogP contribution in [0.25, 0.3) is 0 Å². The van der Waals surface area contributed by atoms with E-state index in [0.29, 0.717) is 36.7 Å². The quantitative estimate of drug-likeness (QED) is 0.723. The van der Waals surface area contributed by atoms with Crippen LogP contribution in [-0.2, 0) is 21.2 Å². The Labute approximate surface area is 113 Å². The average Bonchev–Trinajstić information content (AvgIpc) is 2.79. The number of rotatable bonds is 8. The van der Waals surface area contributed by atoms with E-state index < -0.39 is 10.0 Å². The van der Waals surface area contributed by atoms with Crippen molar-refractivity contribution >= 4 is 21.4 Å². The molecule has 5 nitrogen and oxygen atoms in total. The Bertz CT molecular complexity index is 457. The third kappa shape index (κ3) is 4.03. The van der Waals surface area contributed by atoms with Gasteiger partial charge in [0.2, 0.25) is 0 Å². The lowest BCUT2D eigenvalue weighted by Crippen LogP contribution is -2.27. The highest BCUT2D eigenvalue weighted by Crippen LogP contribution is 2.24. The van der Waals surface area contributed by atoms with E-state index in [1.807, 2.05) is 6.07 Å². The fourth-order valence-electron chi connectivity index (χ4n) is 1.48. The molecule has 0 aliphatic rings. The van der Waals surface area contributed by atoms with Crippen molar-refractivity contribution < 1.29 is 13.2 Å². The summed E-state index contributed by atoms with van der Waals surface area (Å²) in [4.78, 5) is 1.00. The van der Waals surface area contributed by atoms with Crippen LogP contribution in [0.3, 0.4) is 0 Å². The van der Waals surface area contributed by atoms with E-state index in [2.05, 4.69) is 0 Å². The molecule has 1 aromatic heterocycles. The van der Waals surface area contributed by atoms with E-state index in [0.717, 1.165) is 4.88 Å². The van der Waals surface area contributed by atoms with Crippen LogP contribution < -0.4 is 5.73 Å². The van der Waals surface area contributed by atoms with Gasteiger partial charge in [0, 0.05) is 32.2 Å². The van der Waals surface area contributed by atoms with Crippen molar-refractivity contribution in [2.45, 2.75) is 17.1 Å². The van der Waals surface area contributed by atoms with Crippen molar-refractivity contribution in [1.82, 2.24) is 4.31 Å². The third-order valence-corrected chi connectivity index (χ3v) is 5.98. The zero-order chi connectivity index (χ0) is 13.6. The molecular formula is C11H20N2O3S2. The summed E-state index contributed by atoms with van der Waals surface area (Å²) in [6, 6.07) is 3.48. The van der Waals surface area contributed by atoms with Gasteiger partial charge in [-0.1, -0.05) is 0 Å². The molecule has 2 N–H and O–H groups in total. The predicted octanol–water partition coefficient (Wildman–Crippen LogP) is 0.906. The Kier molecular flexibility index (Phi) is 6.24. The minimum absolute atomic E-state index is 0.380. The van der Waals surface area contributed by atoms with Crippen LogP contribution in [0, 0.1) is 0 Å². The number of methoxy groups -OCH3 is 1. The fraction of sp³-hybridized carbons (Fsp3) is 0.636. The van der Waals surface area contributed by atoms with E-state index in [4.69, 9.17) is 10.5 Å². The molecule has 7 heteroatoms. The first-order chi connectivity index (χ1) is 8.52. The molecule has 0 unspecified atom stereocenters. The summed E-state index contributed by atoms with van der Waals surface area (Å²) >= 11 is 1.29. The standard InChI is InChI=1S/C11H20N2O3S2/c1-13(8-3-9-16-2)18(14,15)11-5-4-10(17-11)6-7-12/h4-5H,3,6-9,12H2,1-2H3. The molecule has 0 atom stereocenters. The Hall–Kier alpha value is -0.470. The Morgan fingerprint density at radius 3 is 2.78 bits per heavy atom. The van der Waals surface area contributed by atoms with E-state index in [9.17, 15) is 8.42 Å². The normalized spacial score (nSPS) is 12.2. The maximum absolute atomic E-state index is 12.2. The van der Waals surface area contributed by atoms with Crippen molar-refractivity contribution in [1.29, 1.82) is 0 Å². The number of nitrogens with two attached hydrogens (primary N) is 1. The van der Waals surface area contributed by atoms with Gasteiger partial charge in [0.15, 0.2) is 0 Å². The summed E-state index contributed by atoms with van der Waals surface area (Å²) in [6.07, 6.45) is 1.40. The minimum atomic E-state index is -3.36. The highest BCUT2D eigenvalue weighted by atomic mass is 32.2. The number of ether oxygens (including phenoxy) is 1. The van der Waals surface area contributed by atoms with Gasteiger partial charge in [0.25, 0.3) is 10.0 Å². The lowest BCUT2D eigenvalue weighted by atomic mass is 10.3. The maximum atomic E-state index is 12.2. The highest BCUT2D eigenvalue weighted by molar-refractivity contribution is 7.91. The summed E-state index contributed by atoms with van der Waals surface area (Å²) in [7, 11) is -0.167. The molecule has 0 fully saturated rings. The van der Waals surface area contributed by atoms with Crippen LogP contribution in [0.2, 0.25) is 0 Å². The van der Waals surface area contributed by atoms with Crippen molar-refractivity contribution in [2.75, 3.05) is 33.9 Å². The van der Waals surface area contributed by atoms with Gasteiger partial charge in [-0.15, -0.1) is 11.3 Å². The van der Waals surface area contributed by atoms with Crippen molar-refractivity contribution in [3.63, 3.8) is 0 Å². The van der Waals surface area contributed by atoms with Gasteiger partial charge in [-0.3, -0.25) is 0 Å². The van der Waals surface area contributed by atoms with Crippen LogP contribution in [-0.4, -0.2) is 46.6 Å². The third-order valence-electron chi connectivity index (χ3n) is 2.51. The van der Waals surface area contributed by atoms with E-state index in [1.165, 1.54) is 15.6 Å². The summed E-state index contributed by atoms with van der Waals surface area (Å²) in [5.41, 5.74) is 5.45. The second kappa shape index (κ2) is 7.20. The highest BCUT2D eigenvalue weighted by Gasteiger charge is 2.22. The zero-order valence-electron chi connectivity index (χ0n) is 10.8. The van der Waals surface area contributed by atoms with Gasteiger partial charge < -0.3 is 10.5 Å². The Morgan fingerprint density at radius 2 is 2.17 bits per heavy atom. The van der Waals surface area contributed by atoms with E-state index in [1.54, 1.807) is 20.2 Å². The second-order valence-electron chi connectivity index (χ2n) is 3.93. The van der Waals surface area contributed by atoms with E-state index >= 15 is 0 Å². The molecular weight excluding hydrogens is 272 g/mol. The van der Waals surface area contributed by atoms with Crippen molar-refractivity contribution in [3.8, 4) is 0 Å². The molecule has 1 heterocycles. The molecule has 104 valence electrons. The lowest BCUT2D eigenvalue weighted by Gasteiger charge is -2.15. The van der Waals surface area contributed by atoms with Crippen LogP contribution >= 0.6 is 11.3 Å². The first kappa shape index (κ1) is 15.6. The zero-order valence-corrected chi connectivity index (χ0v) is 12.4. The molecule has 1 rings (SSSR count). The van der Waals surface area contributed by atoms with Crippen LogP contribution in [0.4, 0.5) is 0 Å². The molecule has 0 aromatic carbocycles. The second-order valence-corrected chi connectivity index (χ2v) is 7.37. The minimum Gasteiger partial charge on any atom is -0.385 e. The largest absolute Gasteiger partial charge is 0.385 e. The molecule has 1 aromatic rings. The molecule has 0 bridgehead atoms. The number of thiophene rings is 1. The molecule has 0 aliphatic carbocycles. The number of nitrogens with zero attached hydrogens (tertiary/aromatic N) is 1. The van der Waals surface area contributed by atoms with Gasteiger partial charge in [-0.05, 0) is 31.5 Å². The lowest BCUT2D eigenvalue weighted by molar-refractivity contribution is 0.189. The summed E-state index contributed by atoms with van der Waals surface area (Å²) in [6.45, 7) is 1.55. The number of sulfonamides is 1. The monoisotopic (exact) mass is 292 g/mol. The number of hydrogen-bond acceptors (Lipinski definition) is 5. The van der Waals surface area contributed by atoms with Crippen LogP contribution in [0.5, 0.6) is 0 Å². The van der Waals surface area contributed by atoms with Crippen LogP contribution in [0.15, 0.2) is 16.3 Å². The van der Waals surface area contributed by atoms with Gasteiger partial charge in [0.05, 0.1) is 0 Å². The first-order valence-corrected chi connectivity index (χ1v) is 8.02. The molecule has 0 aliphatic heterocycles. The smallest absolute Gasteiger partial charge is 0.252 e. The van der Waals surface area contributed by atoms with E-state index in [-0.39, 0.29) is 0 Å². The van der Waals surface area contributed by atoms with Gasteiger partial charge in [0.1, 0.15) is 4.21 Å². The molecule has 18 heavy (non-hydrogen) atoms. The average molecular weight is 292 g/mol. The number of hydrogen-bond donors (Lipinski definition) is 1. The van der Waals surface area contributed by atoms with Gasteiger partial charge in [-0.2, -0.15) is 0 Å². The predicted molar refractivity (Wildman–Crippen MR) is 73.4 cm³/mol. The molecule has 0 spiro atoms. The Balaban J connectivity index is 2.71. The maximum Gasteiger partial charge on any atom is 0.252 e. The first-order valence-electron chi connectivity index (χ1n) is 5.76. The molecule has 0 radical (unpaired) electrons.